The Labute approximate surface area is 168 Å². The van der Waals surface area contributed by atoms with Gasteiger partial charge in [0.25, 0.3) is 11.8 Å². The predicted molar refractivity (Wildman–Crippen MR) is 105 cm³/mol. The molecule has 28 heavy (non-hydrogen) atoms. The van der Waals surface area contributed by atoms with Crippen LogP contribution in [-0.2, 0) is 14.3 Å². The van der Waals surface area contributed by atoms with Crippen molar-refractivity contribution < 1.29 is 23.5 Å². The van der Waals surface area contributed by atoms with Crippen LogP contribution >= 0.6 is 15.9 Å². The molecule has 0 spiro atoms. The number of benzene rings is 1. The van der Waals surface area contributed by atoms with Gasteiger partial charge in [0.2, 0.25) is 0 Å². The highest BCUT2D eigenvalue weighted by Crippen LogP contribution is 2.26. The molecule has 2 aromatic rings. The molecule has 3 heterocycles. The van der Waals surface area contributed by atoms with E-state index in [2.05, 4.69) is 21.2 Å². The molecule has 0 saturated carbocycles. The summed E-state index contributed by atoms with van der Waals surface area (Å²) in [6.07, 6.45) is 1.35. The molecule has 4 amide bonds. The van der Waals surface area contributed by atoms with Crippen LogP contribution in [0.5, 0.6) is 0 Å². The van der Waals surface area contributed by atoms with Crippen LogP contribution in [0.3, 0.4) is 0 Å². The summed E-state index contributed by atoms with van der Waals surface area (Å²) in [4.78, 5) is 40.3. The van der Waals surface area contributed by atoms with E-state index < -0.39 is 17.8 Å². The van der Waals surface area contributed by atoms with E-state index in [0.717, 1.165) is 4.90 Å². The van der Waals surface area contributed by atoms with Crippen molar-refractivity contribution in [2.24, 2.45) is 0 Å². The molecule has 1 N–H and O–H groups in total. The minimum atomic E-state index is -0.793. The van der Waals surface area contributed by atoms with Gasteiger partial charge in [0.15, 0.2) is 5.88 Å². The third kappa shape index (κ3) is 3.58. The van der Waals surface area contributed by atoms with Gasteiger partial charge in [-0.05, 0) is 30.3 Å². The zero-order valence-corrected chi connectivity index (χ0v) is 16.3. The number of imide groups is 2. The molecule has 144 valence electrons. The van der Waals surface area contributed by atoms with Gasteiger partial charge < -0.3 is 14.1 Å². The van der Waals surface area contributed by atoms with Crippen molar-refractivity contribution in [1.29, 1.82) is 0 Å². The topological polar surface area (TPSA) is 92.1 Å². The smallest absolute Gasteiger partial charge is 0.335 e. The fraction of sp³-hybridized carbons (Fsp3) is 0.211. The average Bonchev–Trinajstić information content (AvgIpc) is 3.14. The number of ether oxygens (including phenoxy) is 1. The summed E-state index contributed by atoms with van der Waals surface area (Å²) >= 11 is 3.31. The number of carbonyl (C=O) groups excluding carboxylic acids is 3. The molecule has 2 aliphatic heterocycles. The highest BCUT2D eigenvalue weighted by molar-refractivity contribution is 9.10. The van der Waals surface area contributed by atoms with Gasteiger partial charge in [0.05, 0.1) is 18.9 Å². The van der Waals surface area contributed by atoms with E-state index in [1.165, 1.54) is 6.08 Å². The molecule has 4 rings (SSSR count). The van der Waals surface area contributed by atoms with E-state index in [1.54, 1.807) is 36.4 Å². The first kappa shape index (κ1) is 18.5. The first-order chi connectivity index (χ1) is 13.5. The SMILES string of the molecule is O=C1NC(=O)N(c2cccc(Br)c2)C(=O)/C1=C/c1ccc(N2CCOCC2)o1. The minimum Gasteiger partial charge on any atom is -0.441 e. The molecule has 2 saturated heterocycles. The second-order valence-corrected chi connectivity index (χ2v) is 7.13. The Morgan fingerprint density at radius 1 is 1.07 bits per heavy atom. The molecule has 9 heteroatoms. The Hall–Kier alpha value is -2.91. The molecule has 2 fully saturated rings. The summed E-state index contributed by atoms with van der Waals surface area (Å²) in [5, 5.41) is 2.19. The molecule has 0 unspecified atom stereocenters. The highest BCUT2D eigenvalue weighted by atomic mass is 79.9. The third-order valence-electron chi connectivity index (χ3n) is 4.39. The van der Waals surface area contributed by atoms with Crippen molar-refractivity contribution in [3.63, 3.8) is 0 Å². The van der Waals surface area contributed by atoms with E-state index in [9.17, 15) is 14.4 Å². The number of urea groups is 1. The molecular formula is C19H16BrN3O5. The summed E-state index contributed by atoms with van der Waals surface area (Å²) in [7, 11) is 0. The Bertz CT molecular complexity index is 977. The molecule has 0 atom stereocenters. The van der Waals surface area contributed by atoms with E-state index in [4.69, 9.17) is 9.15 Å². The molecule has 0 bridgehead atoms. The highest BCUT2D eigenvalue weighted by Gasteiger charge is 2.37. The number of anilines is 2. The average molecular weight is 446 g/mol. The third-order valence-corrected chi connectivity index (χ3v) is 4.88. The maximum Gasteiger partial charge on any atom is 0.335 e. The number of barbiturate groups is 1. The zero-order chi connectivity index (χ0) is 19.7. The van der Waals surface area contributed by atoms with E-state index in [0.29, 0.717) is 48.1 Å². The number of nitrogens with one attached hydrogen (secondary N) is 1. The number of rotatable bonds is 3. The van der Waals surface area contributed by atoms with Crippen LogP contribution < -0.4 is 15.1 Å². The van der Waals surface area contributed by atoms with Crippen LogP contribution in [0.4, 0.5) is 16.4 Å². The zero-order valence-electron chi connectivity index (χ0n) is 14.7. The number of amides is 4. The van der Waals surface area contributed by atoms with Crippen LogP contribution in [0, 0.1) is 0 Å². The second-order valence-electron chi connectivity index (χ2n) is 6.21. The van der Waals surface area contributed by atoms with Crippen molar-refractivity contribution >= 4 is 51.4 Å². The molecule has 0 radical (unpaired) electrons. The summed E-state index contributed by atoms with van der Waals surface area (Å²) < 4.78 is 11.8. The van der Waals surface area contributed by atoms with Gasteiger partial charge in [-0.3, -0.25) is 14.9 Å². The number of carbonyl (C=O) groups is 3. The van der Waals surface area contributed by atoms with Crippen molar-refractivity contribution in [3.8, 4) is 0 Å². The first-order valence-corrected chi connectivity index (χ1v) is 9.42. The monoisotopic (exact) mass is 445 g/mol. The molecule has 1 aromatic heterocycles. The van der Waals surface area contributed by atoms with Crippen LogP contribution in [0.1, 0.15) is 5.76 Å². The van der Waals surface area contributed by atoms with E-state index in [1.807, 2.05) is 4.90 Å². The Morgan fingerprint density at radius 3 is 2.61 bits per heavy atom. The quantitative estimate of drug-likeness (QED) is 0.576. The fourth-order valence-electron chi connectivity index (χ4n) is 3.02. The van der Waals surface area contributed by atoms with Crippen molar-refractivity contribution in [2.45, 2.75) is 0 Å². The maximum absolute atomic E-state index is 12.9. The second kappa shape index (κ2) is 7.61. The first-order valence-electron chi connectivity index (χ1n) is 8.62. The molecule has 2 aliphatic rings. The molecule has 1 aromatic carbocycles. The lowest BCUT2D eigenvalue weighted by Gasteiger charge is -2.26. The van der Waals surface area contributed by atoms with Crippen LogP contribution in [0.25, 0.3) is 6.08 Å². The van der Waals surface area contributed by atoms with Crippen LogP contribution in [0.15, 0.2) is 50.9 Å². The van der Waals surface area contributed by atoms with Crippen LogP contribution in [0.2, 0.25) is 0 Å². The van der Waals surface area contributed by atoms with Crippen molar-refractivity contribution in [1.82, 2.24) is 5.32 Å². The van der Waals surface area contributed by atoms with Gasteiger partial charge in [-0.1, -0.05) is 22.0 Å². The number of hydrogen-bond acceptors (Lipinski definition) is 6. The fourth-order valence-corrected chi connectivity index (χ4v) is 3.41. The molecular weight excluding hydrogens is 430 g/mol. The molecule has 8 nitrogen and oxygen atoms in total. The van der Waals surface area contributed by atoms with Gasteiger partial charge in [-0.2, -0.15) is 0 Å². The lowest BCUT2D eigenvalue weighted by molar-refractivity contribution is -0.122. The van der Waals surface area contributed by atoms with Gasteiger partial charge >= 0.3 is 6.03 Å². The van der Waals surface area contributed by atoms with E-state index >= 15 is 0 Å². The Morgan fingerprint density at radius 2 is 1.86 bits per heavy atom. The number of hydrogen-bond donors (Lipinski definition) is 1. The van der Waals surface area contributed by atoms with Gasteiger partial charge in [0.1, 0.15) is 11.3 Å². The van der Waals surface area contributed by atoms with Gasteiger partial charge in [-0.25, -0.2) is 9.69 Å². The summed E-state index contributed by atoms with van der Waals surface area (Å²) in [5.74, 6) is -0.482. The normalized spacial score (nSPS) is 19.3. The Balaban J connectivity index is 1.63. The minimum absolute atomic E-state index is 0.178. The van der Waals surface area contributed by atoms with E-state index in [-0.39, 0.29) is 5.57 Å². The summed E-state index contributed by atoms with van der Waals surface area (Å²) in [6, 6.07) is 9.36. The lowest BCUT2D eigenvalue weighted by Crippen LogP contribution is -2.54. The largest absolute Gasteiger partial charge is 0.441 e. The summed E-state index contributed by atoms with van der Waals surface area (Å²) in [5.41, 5.74) is 0.172. The van der Waals surface area contributed by atoms with Crippen LogP contribution in [-0.4, -0.2) is 44.1 Å². The maximum atomic E-state index is 12.9. The van der Waals surface area contributed by atoms with Crippen molar-refractivity contribution in [3.05, 3.63) is 52.2 Å². The number of morpholine rings is 1. The number of halogens is 1. The number of furan rings is 1. The van der Waals surface area contributed by atoms with Crippen molar-refractivity contribution in [2.75, 3.05) is 36.1 Å². The van der Waals surface area contributed by atoms with Gasteiger partial charge in [0, 0.05) is 23.6 Å². The predicted octanol–water partition coefficient (Wildman–Crippen LogP) is 2.55. The molecule has 0 aliphatic carbocycles. The Kier molecular flexibility index (Phi) is 5.01. The number of nitrogens with zero attached hydrogens (tertiary/aromatic N) is 2. The standard InChI is InChI=1S/C19H16BrN3O5/c20-12-2-1-3-13(10-12)23-18(25)15(17(24)21-19(23)26)11-14-4-5-16(28-14)22-6-8-27-9-7-22/h1-5,10-11H,6-9H2,(H,21,24,26)/b15-11+. The summed E-state index contributed by atoms with van der Waals surface area (Å²) in [6.45, 7) is 2.63. The lowest BCUT2D eigenvalue weighted by atomic mass is 10.1. The van der Waals surface area contributed by atoms with Gasteiger partial charge in [-0.15, -0.1) is 0 Å².